The van der Waals surface area contributed by atoms with E-state index in [2.05, 4.69) is 86.9 Å². The third-order valence-electron chi connectivity index (χ3n) is 16.8. The van der Waals surface area contributed by atoms with Crippen LogP contribution in [0, 0.1) is 25.7 Å². The molecule has 0 radical (unpaired) electrons. The Bertz CT molecular complexity index is 1670. The van der Waals surface area contributed by atoms with Gasteiger partial charge < -0.3 is 0 Å². The Morgan fingerprint density at radius 2 is 0.429 bits per heavy atom. The van der Waals surface area contributed by atoms with Crippen LogP contribution in [0.2, 0.25) is 0 Å². The molecule has 0 amide bonds. The van der Waals surface area contributed by atoms with Crippen LogP contribution in [-0.4, -0.2) is 0 Å². The summed E-state index contributed by atoms with van der Waals surface area (Å²) in [7, 11) is 0. The van der Waals surface area contributed by atoms with E-state index in [1.807, 2.05) is 0 Å². The zero-order valence-corrected chi connectivity index (χ0v) is 51.0. The highest BCUT2D eigenvalue weighted by molar-refractivity contribution is 7.44. The lowest BCUT2D eigenvalue weighted by Gasteiger charge is -2.17. The quantitative estimate of drug-likeness (QED) is 0.0387. The number of fused-ring (bicyclic) bond motifs is 5. The minimum atomic E-state index is 1.00. The number of aryl methyl sites for hydroxylation is 4. The molecule has 2 unspecified atom stereocenters. The fourth-order valence-corrected chi connectivity index (χ4v) is 18.2. The highest BCUT2D eigenvalue weighted by atomic mass is 32.1. The van der Waals surface area contributed by atoms with E-state index in [0.717, 1.165) is 11.8 Å². The first kappa shape index (κ1) is 62.1. The summed E-state index contributed by atoms with van der Waals surface area (Å²) in [6.07, 6.45) is 69.5. The average molecular weight is 1040 g/mol. The first-order valence-electron chi connectivity index (χ1n) is 31.9. The third-order valence-corrected chi connectivity index (χ3v) is 22.3. The molecular weight excluding hydrogens is 921 g/mol. The van der Waals surface area contributed by atoms with Gasteiger partial charge in [0.05, 0.1) is 28.2 Å². The largest absolute Gasteiger partial charge is 0.138 e. The molecule has 4 heteroatoms. The predicted molar refractivity (Wildman–Crippen MR) is 329 cm³/mol. The van der Waals surface area contributed by atoms with Crippen molar-refractivity contribution in [2.24, 2.45) is 11.8 Å². The summed E-state index contributed by atoms with van der Waals surface area (Å²) in [4.78, 5) is 3.20. The van der Waals surface area contributed by atoms with Crippen LogP contribution in [0.1, 0.15) is 344 Å². The Kier molecular flexibility index (Phi) is 36.2. The van der Waals surface area contributed by atoms with Gasteiger partial charge in [-0.2, -0.15) is 0 Å². The van der Waals surface area contributed by atoms with Gasteiger partial charge in [0.1, 0.15) is 0 Å². The van der Waals surface area contributed by atoms with Crippen molar-refractivity contribution in [1.29, 1.82) is 0 Å². The molecule has 0 saturated heterocycles. The zero-order chi connectivity index (χ0) is 49.7. The van der Waals surface area contributed by atoms with Crippen LogP contribution in [0.15, 0.2) is 0 Å². The molecule has 0 aromatic carbocycles. The minimum absolute atomic E-state index is 1.00. The van der Waals surface area contributed by atoms with Crippen molar-refractivity contribution in [2.45, 2.75) is 350 Å². The number of thiophene rings is 4. The van der Waals surface area contributed by atoms with Crippen LogP contribution in [-0.2, 0) is 12.8 Å². The molecule has 0 N–H and O–H groups in total. The van der Waals surface area contributed by atoms with Gasteiger partial charge >= 0.3 is 0 Å². The number of unbranched alkanes of at least 4 members (excludes halogenated alkanes) is 34. The van der Waals surface area contributed by atoms with Gasteiger partial charge in [0.2, 0.25) is 0 Å². The number of hydrogen-bond donors (Lipinski definition) is 0. The standard InChI is InChI=1S/C66H116S4/c1-7-11-15-19-23-25-33-41-49-57(47-39-31-21-17-13-9-3)51-43-35-27-29-37-45-53-59-55(5)67-63-61(59)69-66-64-62(70-65(63)66)60(56(6)68-64)54-46-38-30-28-36-44-52-58(48-40-32-22-18-14-10-4)50-42-34-26-24-20-16-12-8-2/h57-58H,7-54H2,1-6H3. The molecular formula is C66H116S4. The van der Waals surface area contributed by atoms with Gasteiger partial charge in [-0.05, 0) is 62.5 Å². The second-order valence-electron chi connectivity index (χ2n) is 23.1. The number of rotatable bonds is 50. The van der Waals surface area contributed by atoms with Crippen LogP contribution in [0.25, 0.3) is 28.2 Å². The highest BCUT2D eigenvalue weighted by Gasteiger charge is 2.22. The van der Waals surface area contributed by atoms with Gasteiger partial charge in [-0.3, -0.25) is 0 Å². The molecule has 0 spiro atoms. The molecule has 0 aliphatic rings. The van der Waals surface area contributed by atoms with Crippen LogP contribution < -0.4 is 0 Å². The maximum Gasteiger partial charge on any atom is 0.0650 e. The van der Waals surface area contributed by atoms with Crippen LogP contribution in [0.3, 0.4) is 0 Å². The molecule has 0 aliphatic heterocycles. The maximum absolute atomic E-state index is 2.42. The van der Waals surface area contributed by atoms with E-state index < -0.39 is 0 Å². The van der Waals surface area contributed by atoms with Gasteiger partial charge in [0.25, 0.3) is 0 Å². The molecule has 70 heavy (non-hydrogen) atoms. The molecule has 4 aromatic heterocycles. The molecule has 4 aromatic rings. The molecule has 0 saturated carbocycles. The molecule has 2 atom stereocenters. The summed E-state index contributed by atoms with van der Waals surface area (Å²) >= 11 is 8.55. The summed E-state index contributed by atoms with van der Waals surface area (Å²) in [6, 6.07) is 0. The van der Waals surface area contributed by atoms with E-state index in [1.54, 1.807) is 49.1 Å². The minimum Gasteiger partial charge on any atom is -0.138 e. The summed E-state index contributed by atoms with van der Waals surface area (Å²) in [6.45, 7) is 14.2. The first-order chi connectivity index (χ1) is 34.5. The molecule has 0 nitrogen and oxygen atoms in total. The normalized spacial score (nSPS) is 13.1. The summed E-state index contributed by atoms with van der Waals surface area (Å²) < 4.78 is 9.78. The van der Waals surface area contributed by atoms with Gasteiger partial charge in [-0.25, -0.2) is 0 Å². The van der Waals surface area contributed by atoms with E-state index in [1.165, 1.54) is 308 Å². The lowest BCUT2D eigenvalue weighted by Crippen LogP contribution is -2.01. The van der Waals surface area contributed by atoms with Crippen molar-refractivity contribution in [3.63, 3.8) is 0 Å². The van der Waals surface area contributed by atoms with Gasteiger partial charge in [-0.1, -0.05) is 310 Å². The Morgan fingerprint density at radius 3 is 0.671 bits per heavy atom. The van der Waals surface area contributed by atoms with Crippen LogP contribution in [0.5, 0.6) is 0 Å². The van der Waals surface area contributed by atoms with E-state index >= 15 is 0 Å². The van der Waals surface area contributed by atoms with Crippen molar-refractivity contribution in [3.05, 3.63) is 20.9 Å². The van der Waals surface area contributed by atoms with Crippen molar-refractivity contribution >= 4 is 73.5 Å². The molecule has 404 valence electrons. The third kappa shape index (κ3) is 24.9. The Labute approximate surface area is 452 Å². The average Bonchev–Trinajstić information content (AvgIpc) is 4.07. The van der Waals surface area contributed by atoms with Crippen LogP contribution >= 0.6 is 45.3 Å². The van der Waals surface area contributed by atoms with E-state index in [-0.39, 0.29) is 0 Å². The van der Waals surface area contributed by atoms with Gasteiger partial charge in [0.15, 0.2) is 0 Å². The number of hydrogen-bond acceptors (Lipinski definition) is 4. The van der Waals surface area contributed by atoms with Crippen molar-refractivity contribution in [1.82, 2.24) is 0 Å². The molecule has 4 rings (SSSR count). The van der Waals surface area contributed by atoms with Crippen molar-refractivity contribution in [3.8, 4) is 0 Å². The first-order valence-corrected chi connectivity index (χ1v) is 35.1. The Hall–Kier alpha value is -0.420. The van der Waals surface area contributed by atoms with E-state index in [4.69, 9.17) is 0 Å². The second kappa shape index (κ2) is 40.8. The topological polar surface area (TPSA) is 0 Å². The van der Waals surface area contributed by atoms with Gasteiger partial charge in [-0.15, -0.1) is 45.3 Å². The monoisotopic (exact) mass is 1040 g/mol. The molecule has 0 bridgehead atoms. The maximum atomic E-state index is 2.42. The molecule has 0 fully saturated rings. The SMILES string of the molecule is CCCCCCCCCCC(CCCCCCCC)CCCCCCCCc1c(C)sc2c1sc1c3sc(C)c(CCCCCCCCC(CCCCCCCC)CCCCCCCCCC)c3sc21. The summed E-state index contributed by atoms with van der Waals surface area (Å²) in [5.74, 6) is 2.01. The molecule has 0 aliphatic carbocycles. The van der Waals surface area contributed by atoms with Gasteiger partial charge in [0, 0.05) is 9.75 Å². The highest BCUT2D eigenvalue weighted by Crippen LogP contribution is 2.52. The summed E-state index contributed by atoms with van der Waals surface area (Å²) in [5, 5.41) is 0. The Balaban J connectivity index is 1.13. The van der Waals surface area contributed by atoms with Crippen molar-refractivity contribution in [2.75, 3.05) is 0 Å². The molecule has 4 heterocycles. The van der Waals surface area contributed by atoms with Crippen molar-refractivity contribution < 1.29 is 0 Å². The second-order valence-corrected chi connectivity index (χ2v) is 27.6. The smallest absolute Gasteiger partial charge is 0.0650 e. The lowest BCUT2D eigenvalue weighted by atomic mass is 9.89. The lowest BCUT2D eigenvalue weighted by molar-refractivity contribution is 0.365. The zero-order valence-electron chi connectivity index (χ0n) is 47.7. The predicted octanol–water partition coefficient (Wildman–Crippen LogP) is 26.4. The fraction of sp³-hybridized carbons (Fsp3) is 0.848. The van der Waals surface area contributed by atoms with E-state index in [9.17, 15) is 0 Å². The fourth-order valence-electron chi connectivity index (χ4n) is 12.1. The summed E-state index contributed by atoms with van der Waals surface area (Å²) in [5.41, 5.74) is 3.40. The van der Waals surface area contributed by atoms with Crippen LogP contribution in [0.4, 0.5) is 0 Å². The van der Waals surface area contributed by atoms with E-state index in [0.29, 0.717) is 0 Å². The Morgan fingerprint density at radius 1 is 0.229 bits per heavy atom.